The molecule has 18 heavy (non-hydrogen) atoms. The lowest BCUT2D eigenvalue weighted by Gasteiger charge is -2.19. The second-order valence-corrected chi connectivity index (χ2v) is 4.04. The number of rotatable bonds is 2. The van der Waals surface area contributed by atoms with Crippen molar-refractivity contribution in [3.05, 3.63) is 35.7 Å². The van der Waals surface area contributed by atoms with Crippen LogP contribution in [0.1, 0.15) is 0 Å². The van der Waals surface area contributed by atoms with Crippen LogP contribution in [0.3, 0.4) is 0 Å². The van der Waals surface area contributed by atoms with Crippen LogP contribution in [0.2, 0.25) is 5.15 Å². The summed E-state index contributed by atoms with van der Waals surface area (Å²) in [4.78, 5) is 8.06. The fourth-order valence-corrected chi connectivity index (χ4v) is 1.82. The minimum atomic E-state index is 0.326. The summed E-state index contributed by atoms with van der Waals surface area (Å²) in [6.45, 7) is 1.14. The standard InChI is InChI=1S/C12H10ClN3O2/c13-11-12(15-4-3-14-11)16-8-1-2-9-10(7-8)18-6-5-17-9/h1-4,7H,5-6H2,(H,15,16). The summed E-state index contributed by atoms with van der Waals surface area (Å²) in [6, 6.07) is 5.57. The van der Waals surface area contributed by atoms with Crippen molar-refractivity contribution in [1.82, 2.24) is 9.97 Å². The first-order chi connectivity index (χ1) is 8.83. The van der Waals surface area contributed by atoms with Gasteiger partial charge in [-0.05, 0) is 12.1 Å². The van der Waals surface area contributed by atoms with Gasteiger partial charge in [-0.3, -0.25) is 0 Å². The average Bonchev–Trinajstić information content (AvgIpc) is 2.41. The highest BCUT2D eigenvalue weighted by Crippen LogP contribution is 2.33. The summed E-state index contributed by atoms with van der Waals surface area (Å²) < 4.78 is 10.9. The third kappa shape index (κ3) is 2.17. The van der Waals surface area contributed by atoms with Gasteiger partial charge in [-0.15, -0.1) is 0 Å². The van der Waals surface area contributed by atoms with Gasteiger partial charge >= 0.3 is 0 Å². The molecule has 0 amide bonds. The summed E-state index contributed by atoms with van der Waals surface area (Å²) in [5.41, 5.74) is 0.821. The molecule has 0 bridgehead atoms. The number of anilines is 2. The van der Waals surface area contributed by atoms with Gasteiger partial charge in [0.15, 0.2) is 22.5 Å². The molecule has 92 valence electrons. The molecule has 0 fully saturated rings. The lowest BCUT2D eigenvalue weighted by molar-refractivity contribution is 0.171. The van der Waals surface area contributed by atoms with Crippen LogP contribution in [-0.4, -0.2) is 23.2 Å². The Morgan fingerprint density at radius 1 is 1.06 bits per heavy atom. The number of ether oxygens (including phenoxy) is 2. The number of fused-ring (bicyclic) bond motifs is 1. The molecule has 2 heterocycles. The zero-order valence-electron chi connectivity index (χ0n) is 9.39. The first-order valence-electron chi connectivity index (χ1n) is 5.46. The molecule has 0 spiro atoms. The molecular formula is C12H10ClN3O2. The quantitative estimate of drug-likeness (QED) is 0.903. The van der Waals surface area contributed by atoms with Crippen LogP contribution in [0.5, 0.6) is 11.5 Å². The number of nitrogens with zero attached hydrogens (tertiary/aromatic N) is 2. The highest BCUT2D eigenvalue weighted by molar-refractivity contribution is 6.31. The maximum Gasteiger partial charge on any atom is 0.171 e. The van der Waals surface area contributed by atoms with Crippen molar-refractivity contribution < 1.29 is 9.47 Å². The van der Waals surface area contributed by atoms with E-state index in [0.717, 1.165) is 11.4 Å². The second kappa shape index (κ2) is 4.70. The molecule has 0 saturated carbocycles. The molecule has 1 N–H and O–H groups in total. The number of hydrogen-bond acceptors (Lipinski definition) is 5. The van der Waals surface area contributed by atoms with E-state index in [1.54, 1.807) is 6.20 Å². The first kappa shape index (κ1) is 11.1. The Labute approximate surface area is 109 Å². The Morgan fingerprint density at radius 3 is 2.67 bits per heavy atom. The van der Waals surface area contributed by atoms with Gasteiger partial charge in [0.2, 0.25) is 0 Å². The summed E-state index contributed by atoms with van der Waals surface area (Å²) in [5, 5.41) is 3.41. The van der Waals surface area contributed by atoms with Crippen molar-refractivity contribution in [1.29, 1.82) is 0 Å². The Kier molecular flexibility index (Phi) is 2.90. The largest absolute Gasteiger partial charge is 0.486 e. The molecule has 1 aliphatic rings. The Hall–Kier alpha value is -2.01. The molecule has 2 aromatic rings. The third-order valence-electron chi connectivity index (χ3n) is 2.46. The SMILES string of the molecule is Clc1nccnc1Nc1ccc2c(c1)OCCO2. The summed E-state index contributed by atoms with van der Waals surface area (Å²) in [5.74, 6) is 1.97. The van der Waals surface area contributed by atoms with Crippen LogP contribution in [0, 0.1) is 0 Å². The van der Waals surface area contributed by atoms with E-state index in [4.69, 9.17) is 21.1 Å². The second-order valence-electron chi connectivity index (χ2n) is 3.68. The smallest absolute Gasteiger partial charge is 0.171 e. The molecule has 5 nitrogen and oxygen atoms in total. The van der Waals surface area contributed by atoms with Gasteiger partial charge in [-0.25, -0.2) is 9.97 Å². The highest BCUT2D eigenvalue weighted by atomic mass is 35.5. The van der Waals surface area contributed by atoms with Gasteiger partial charge in [-0.2, -0.15) is 0 Å². The van der Waals surface area contributed by atoms with Crippen molar-refractivity contribution in [2.45, 2.75) is 0 Å². The van der Waals surface area contributed by atoms with Crippen molar-refractivity contribution >= 4 is 23.1 Å². The van der Waals surface area contributed by atoms with Gasteiger partial charge in [0, 0.05) is 24.1 Å². The zero-order valence-corrected chi connectivity index (χ0v) is 10.1. The molecule has 0 atom stereocenters. The van der Waals surface area contributed by atoms with Gasteiger partial charge in [0.05, 0.1) is 0 Å². The number of nitrogens with one attached hydrogen (secondary N) is 1. The zero-order chi connectivity index (χ0) is 12.4. The van der Waals surface area contributed by atoms with E-state index in [9.17, 15) is 0 Å². The molecule has 0 saturated heterocycles. The van der Waals surface area contributed by atoms with E-state index in [1.165, 1.54) is 6.20 Å². The first-order valence-corrected chi connectivity index (χ1v) is 5.84. The van der Waals surface area contributed by atoms with Crippen LogP contribution in [0.25, 0.3) is 0 Å². The maximum atomic E-state index is 5.93. The minimum Gasteiger partial charge on any atom is -0.486 e. The van der Waals surface area contributed by atoms with E-state index in [-0.39, 0.29) is 0 Å². The Morgan fingerprint density at radius 2 is 1.83 bits per heavy atom. The average molecular weight is 264 g/mol. The van der Waals surface area contributed by atoms with Crippen LogP contribution in [0.4, 0.5) is 11.5 Å². The van der Waals surface area contributed by atoms with Crippen molar-refractivity contribution in [2.75, 3.05) is 18.5 Å². The van der Waals surface area contributed by atoms with Crippen LogP contribution in [-0.2, 0) is 0 Å². The molecule has 6 heteroatoms. The van der Waals surface area contributed by atoms with Gasteiger partial charge < -0.3 is 14.8 Å². The van der Waals surface area contributed by atoms with Gasteiger partial charge in [0.1, 0.15) is 13.2 Å². The molecule has 1 aliphatic heterocycles. The van der Waals surface area contributed by atoms with Crippen molar-refractivity contribution in [2.24, 2.45) is 0 Å². The molecule has 0 radical (unpaired) electrons. The highest BCUT2D eigenvalue weighted by Gasteiger charge is 2.12. The van der Waals surface area contributed by atoms with E-state index in [2.05, 4.69) is 15.3 Å². The molecule has 0 unspecified atom stereocenters. The summed E-state index contributed by atoms with van der Waals surface area (Å²) in [6.07, 6.45) is 3.11. The minimum absolute atomic E-state index is 0.326. The van der Waals surface area contributed by atoms with Crippen molar-refractivity contribution in [3.8, 4) is 11.5 Å². The molecule has 0 aliphatic carbocycles. The topological polar surface area (TPSA) is 56.3 Å². The van der Waals surface area contributed by atoms with E-state index in [1.807, 2.05) is 18.2 Å². The lowest BCUT2D eigenvalue weighted by Crippen LogP contribution is -2.15. The van der Waals surface area contributed by atoms with Crippen LogP contribution in [0.15, 0.2) is 30.6 Å². The predicted molar refractivity (Wildman–Crippen MR) is 67.8 cm³/mol. The maximum absolute atomic E-state index is 5.93. The molecule has 1 aromatic carbocycles. The van der Waals surface area contributed by atoms with E-state index < -0.39 is 0 Å². The predicted octanol–water partition coefficient (Wildman–Crippen LogP) is 2.64. The monoisotopic (exact) mass is 263 g/mol. The van der Waals surface area contributed by atoms with E-state index >= 15 is 0 Å². The number of benzene rings is 1. The molecule has 1 aromatic heterocycles. The number of hydrogen-bond donors (Lipinski definition) is 1. The normalized spacial score (nSPS) is 13.2. The Balaban J connectivity index is 1.87. The summed E-state index contributed by atoms with van der Waals surface area (Å²) >= 11 is 5.93. The van der Waals surface area contributed by atoms with Gasteiger partial charge in [0.25, 0.3) is 0 Å². The van der Waals surface area contributed by atoms with Gasteiger partial charge in [-0.1, -0.05) is 11.6 Å². The van der Waals surface area contributed by atoms with Crippen molar-refractivity contribution in [3.63, 3.8) is 0 Å². The number of aromatic nitrogens is 2. The fraction of sp³-hybridized carbons (Fsp3) is 0.167. The summed E-state index contributed by atoms with van der Waals surface area (Å²) in [7, 11) is 0. The van der Waals surface area contributed by atoms with Crippen LogP contribution >= 0.6 is 11.6 Å². The number of halogens is 1. The fourth-order valence-electron chi connectivity index (χ4n) is 1.66. The van der Waals surface area contributed by atoms with E-state index in [0.29, 0.717) is 29.9 Å². The third-order valence-corrected chi connectivity index (χ3v) is 2.74. The van der Waals surface area contributed by atoms with Crippen LogP contribution < -0.4 is 14.8 Å². The lowest BCUT2D eigenvalue weighted by atomic mass is 10.2. The molecule has 3 rings (SSSR count). The molecular weight excluding hydrogens is 254 g/mol. The Bertz CT molecular complexity index is 577.